The van der Waals surface area contributed by atoms with E-state index >= 15 is 0 Å². The van der Waals surface area contributed by atoms with Gasteiger partial charge < -0.3 is 20.1 Å². The van der Waals surface area contributed by atoms with Crippen molar-refractivity contribution >= 4 is 17.8 Å². The Hall–Kier alpha value is -2.57. The fourth-order valence-electron chi connectivity index (χ4n) is 2.29. The number of nitrogens with one attached hydrogen (secondary N) is 2. The molecule has 1 aromatic carbocycles. The number of ether oxygens (including phenoxy) is 2. The number of amides is 2. The minimum absolute atomic E-state index is 0.0872. The fraction of sp³-hybridized carbons (Fsp3) is 0.438. The predicted octanol–water partition coefficient (Wildman–Crippen LogP) is 0.392. The van der Waals surface area contributed by atoms with E-state index in [1.54, 1.807) is 24.3 Å². The maximum absolute atomic E-state index is 12.2. The van der Waals surface area contributed by atoms with Crippen LogP contribution in [0.25, 0.3) is 0 Å². The van der Waals surface area contributed by atoms with Gasteiger partial charge in [0.05, 0.1) is 7.11 Å². The van der Waals surface area contributed by atoms with Gasteiger partial charge in [-0.1, -0.05) is 18.2 Å². The summed E-state index contributed by atoms with van der Waals surface area (Å²) < 4.78 is 10.3. The number of hydrogen-bond donors (Lipinski definition) is 2. The van der Waals surface area contributed by atoms with Crippen LogP contribution in [0.4, 0.5) is 0 Å². The van der Waals surface area contributed by atoms with Crippen LogP contribution in [0.1, 0.15) is 19.8 Å². The van der Waals surface area contributed by atoms with Crippen molar-refractivity contribution in [3.63, 3.8) is 0 Å². The summed E-state index contributed by atoms with van der Waals surface area (Å²) in [5, 5.41) is 5.19. The number of methoxy groups -OCH3 is 1. The Bertz CT molecular complexity index is 589. The van der Waals surface area contributed by atoms with Crippen LogP contribution < -0.4 is 15.4 Å². The van der Waals surface area contributed by atoms with Gasteiger partial charge in [0.15, 0.2) is 5.54 Å². The van der Waals surface area contributed by atoms with Crippen LogP contribution in [0.3, 0.4) is 0 Å². The minimum atomic E-state index is -1.35. The summed E-state index contributed by atoms with van der Waals surface area (Å²) in [7, 11) is 1.24. The molecule has 1 fully saturated rings. The molecule has 7 nitrogen and oxygen atoms in total. The molecule has 0 radical (unpaired) electrons. The van der Waals surface area contributed by atoms with Crippen molar-refractivity contribution in [1.29, 1.82) is 0 Å². The molecule has 7 heteroatoms. The Morgan fingerprint density at radius 3 is 2.61 bits per heavy atom. The third kappa shape index (κ3) is 4.21. The largest absolute Gasteiger partial charge is 0.491 e. The first-order valence-electron chi connectivity index (χ1n) is 7.32. The summed E-state index contributed by atoms with van der Waals surface area (Å²) in [5.74, 6) is -0.650. The zero-order valence-corrected chi connectivity index (χ0v) is 13.1. The average Bonchev–Trinajstić information content (AvgIpc) is 3.00. The molecule has 0 spiro atoms. The lowest BCUT2D eigenvalue weighted by Crippen LogP contribution is -2.59. The molecule has 0 bridgehead atoms. The zero-order valence-electron chi connectivity index (χ0n) is 13.1. The topological polar surface area (TPSA) is 93.7 Å². The SMILES string of the molecule is COC(=O)C(C)(COc1ccccc1)NC(=O)C1CCC(=O)N1. The van der Waals surface area contributed by atoms with Crippen LogP contribution in [0.5, 0.6) is 5.75 Å². The van der Waals surface area contributed by atoms with Crippen LogP contribution in [0.2, 0.25) is 0 Å². The van der Waals surface area contributed by atoms with Gasteiger partial charge in [-0.2, -0.15) is 0 Å². The van der Waals surface area contributed by atoms with Gasteiger partial charge in [-0.05, 0) is 25.5 Å². The lowest BCUT2D eigenvalue weighted by molar-refractivity contribution is -0.151. The molecule has 1 aliphatic heterocycles. The molecular formula is C16H20N2O5. The number of esters is 1. The summed E-state index contributed by atoms with van der Waals surface area (Å²) in [5.41, 5.74) is -1.35. The first-order valence-corrected chi connectivity index (χ1v) is 7.32. The van der Waals surface area contributed by atoms with Crippen molar-refractivity contribution in [2.45, 2.75) is 31.3 Å². The molecule has 2 N–H and O–H groups in total. The Morgan fingerprint density at radius 1 is 1.35 bits per heavy atom. The van der Waals surface area contributed by atoms with E-state index in [4.69, 9.17) is 9.47 Å². The van der Waals surface area contributed by atoms with Gasteiger partial charge >= 0.3 is 5.97 Å². The van der Waals surface area contributed by atoms with E-state index in [0.29, 0.717) is 18.6 Å². The molecule has 2 amide bonds. The average molecular weight is 320 g/mol. The van der Waals surface area contributed by atoms with Crippen LogP contribution in [0.15, 0.2) is 30.3 Å². The maximum atomic E-state index is 12.2. The Balaban J connectivity index is 2.04. The van der Waals surface area contributed by atoms with Gasteiger partial charge in [-0.3, -0.25) is 9.59 Å². The highest BCUT2D eigenvalue weighted by Crippen LogP contribution is 2.15. The lowest BCUT2D eigenvalue weighted by atomic mass is 10.0. The summed E-state index contributed by atoms with van der Waals surface area (Å²) in [6.07, 6.45) is 0.703. The van der Waals surface area contributed by atoms with Crippen LogP contribution >= 0.6 is 0 Å². The molecule has 1 saturated heterocycles. The second-order valence-electron chi connectivity index (χ2n) is 5.57. The minimum Gasteiger partial charge on any atom is -0.491 e. The van der Waals surface area contributed by atoms with Crippen molar-refractivity contribution in [2.75, 3.05) is 13.7 Å². The van der Waals surface area contributed by atoms with Gasteiger partial charge in [-0.25, -0.2) is 4.79 Å². The molecule has 1 aliphatic rings. The van der Waals surface area contributed by atoms with Crippen molar-refractivity contribution < 1.29 is 23.9 Å². The second-order valence-corrected chi connectivity index (χ2v) is 5.57. The summed E-state index contributed by atoms with van der Waals surface area (Å²) in [6.45, 7) is 1.44. The molecule has 0 aliphatic carbocycles. The number of carbonyl (C=O) groups is 3. The first-order chi connectivity index (χ1) is 10.9. The van der Waals surface area contributed by atoms with Gasteiger partial charge in [-0.15, -0.1) is 0 Å². The fourth-order valence-corrected chi connectivity index (χ4v) is 2.29. The molecule has 124 valence electrons. The third-order valence-corrected chi connectivity index (χ3v) is 3.62. The van der Waals surface area contributed by atoms with Gasteiger partial charge in [0.25, 0.3) is 0 Å². The number of benzene rings is 1. The molecule has 2 rings (SSSR count). The van der Waals surface area contributed by atoms with Crippen molar-refractivity contribution in [3.8, 4) is 5.75 Å². The van der Waals surface area contributed by atoms with Crippen LogP contribution in [-0.4, -0.2) is 43.1 Å². The molecule has 0 aromatic heterocycles. The molecule has 0 saturated carbocycles. The highest BCUT2D eigenvalue weighted by molar-refractivity contribution is 5.94. The van der Waals surface area contributed by atoms with E-state index in [1.807, 2.05) is 6.07 Å². The van der Waals surface area contributed by atoms with E-state index in [-0.39, 0.29) is 12.5 Å². The Kier molecular flexibility index (Phi) is 5.20. The summed E-state index contributed by atoms with van der Waals surface area (Å²) in [4.78, 5) is 35.5. The molecule has 1 aromatic rings. The van der Waals surface area contributed by atoms with Crippen molar-refractivity contribution in [3.05, 3.63) is 30.3 Å². The van der Waals surface area contributed by atoms with Gasteiger partial charge in [0.2, 0.25) is 11.8 Å². The van der Waals surface area contributed by atoms with E-state index in [9.17, 15) is 14.4 Å². The predicted molar refractivity (Wildman–Crippen MR) is 81.7 cm³/mol. The van der Waals surface area contributed by atoms with E-state index in [1.165, 1.54) is 14.0 Å². The Morgan fingerprint density at radius 2 is 2.04 bits per heavy atom. The number of carbonyl (C=O) groups excluding carboxylic acids is 3. The lowest BCUT2D eigenvalue weighted by Gasteiger charge is -2.29. The van der Waals surface area contributed by atoms with Crippen LogP contribution in [0, 0.1) is 0 Å². The number of para-hydroxylation sites is 1. The number of hydrogen-bond acceptors (Lipinski definition) is 5. The Labute approximate surface area is 134 Å². The van der Waals surface area contributed by atoms with Gasteiger partial charge in [0, 0.05) is 6.42 Å². The van der Waals surface area contributed by atoms with E-state index in [0.717, 1.165) is 0 Å². The van der Waals surface area contributed by atoms with Crippen molar-refractivity contribution in [2.24, 2.45) is 0 Å². The number of rotatable bonds is 6. The maximum Gasteiger partial charge on any atom is 0.334 e. The van der Waals surface area contributed by atoms with E-state index < -0.39 is 23.5 Å². The zero-order chi connectivity index (χ0) is 16.9. The van der Waals surface area contributed by atoms with Gasteiger partial charge in [0.1, 0.15) is 18.4 Å². The van der Waals surface area contributed by atoms with E-state index in [2.05, 4.69) is 10.6 Å². The molecular weight excluding hydrogens is 300 g/mol. The molecule has 1 heterocycles. The highest BCUT2D eigenvalue weighted by Gasteiger charge is 2.40. The first kappa shape index (κ1) is 16.8. The quantitative estimate of drug-likeness (QED) is 0.740. The third-order valence-electron chi connectivity index (χ3n) is 3.62. The normalized spacial score (nSPS) is 19.4. The van der Waals surface area contributed by atoms with Crippen molar-refractivity contribution in [1.82, 2.24) is 10.6 Å². The second kappa shape index (κ2) is 7.13. The summed E-state index contributed by atoms with van der Waals surface area (Å²) >= 11 is 0. The summed E-state index contributed by atoms with van der Waals surface area (Å²) in [6, 6.07) is 8.31. The molecule has 2 atom stereocenters. The van der Waals surface area contributed by atoms with Crippen LogP contribution in [-0.2, 0) is 19.1 Å². The monoisotopic (exact) mass is 320 g/mol. The highest BCUT2D eigenvalue weighted by atomic mass is 16.5. The smallest absolute Gasteiger partial charge is 0.334 e. The standard InChI is InChI=1S/C16H20N2O5/c1-16(15(21)22-2,10-23-11-6-4-3-5-7-11)18-14(20)12-8-9-13(19)17-12/h3-7,12H,8-10H2,1-2H3,(H,17,19)(H,18,20). The molecule has 23 heavy (non-hydrogen) atoms. The molecule has 2 unspecified atom stereocenters.